The van der Waals surface area contributed by atoms with Crippen molar-refractivity contribution in [2.45, 2.75) is 32.2 Å². The third kappa shape index (κ3) is 3.67. The van der Waals surface area contributed by atoms with E-state index in [4.69, 9.17) is 4.74 Å². The van der Waals surface area contributed by atoms with Crippen LogP contribution in [0.4, 0.5) is 5.69 Å². The van der Waals surface area contributed by atoms with Crippen molar-refractivity contribution in [3.63, 3.8) is 0 Å². The second-order valence-corrected chi connectivity index (χ2v) is 8.25. The number of ketones is 1. The molecule has 1 aromatic heterocycles. The molecule has 1 saturated heterocycles. The average molecular weight is 440 g/mol. The van der Waals surface area contributed by atoms with E-state index in [1.165, 1.54) is 4.90 Å². The molecule has 1 fully saturated rings. The number of anilines is 1. The van der Waals surface area contributed by atoms with Crippen molar-refractivity contribution in [3.05, 3.63) is 94.8 Å². The van der Waals surface area contributed by atoms with Crippen LogP contribution in [0.3, 0.4) is 0 Å². The third-order valence-corrected chi connectivity index (χ3v) is 6.25. The highest BCUT2D eigenvalue weighted by Gasteiger charge is 2.47. The van der Waals surface area contributed by atoms with Gasteiger partial charge in [-0.1, -0.05) is 25.1 Å². The van der Waals surface area contributed by atoms with Crippen molar-refractivity contribution >= 4 is 23.1 Å². The first-order valence-corrected chi connectivity index (χ1v) is 11.1. The summed E-state index contributed by atoms with van der Waals surface area (Å²) in [5, 5.41) is 11.3. The molecule has 0 bridgehead atoms. The van der Waals surface area contributed by atoms with E-state index in [0.29, 0.717) is 23.4 Å². The predicted octanol–water partition coefficient (Wildman–Crippen LogP) is 4.60. The van der Waals surface area contributed by atoms with Crippen LogP contribution in [0.25, 0.3) is 5.76 Å². The second-order valence-electron chi connectivity index (χ2n) is 8.25. The zero-order chi connectivity index (χ0) is 22.9. The number of aromatic nitrogens is 1. The number of pyridine rings is 1. The summed E-state index contributed by atoms with van der Waals surface area (Å²) >= 11 is 0. The summed E-state index contributed by atoms with van der Waals surface area (Å²) < 4.78 is 5.67. The van der Waals surface area contributed by atoms with Gasteiger partial charge in [-0.25, -0.2) is 0 Å². The van der Waals surface area contributed by atoms with Crippen LogP contribution in [-0.4, -0.2) is 28.4 Å². The fourth-order valence-corrected chi connectivity index (χ4v) is 4.51. The summed E-state index contributed by atoms with van der Waals surface area (Å²) in [7, 11) is 0. The Hall–Kier alpha value is -3.93. The van der Waals surface area contributed by atoms with Gasteiger partial charge in [-0.3, -0.25) is 19.5 Å². The van der Waals surface area contributed by atoms with E-state index in [0.717, 1.165) is 36.1 Å². The molecule has 0 radical (unpaired) electrons. The number of hydrogen-bond donors (Lipinski definition) is 1. The number of aliphatic hydroxyl groups excluding tert-OH is 1. The molecule has 1 atom stereocenters. The summed E-state index contributed by atoms with van der Waals surface area (Å²) in [6.45, 7) is 2.72. The summed E-state index contributed by atoms with van der Waals surface area (Å²) in [5.74, 6) is -0.785. The van der Waals surface area contributed by atoms with Crippen molar-refractivity contribution in [3.8, 4) is 5.75 Å². The SMILES string of the molecule is CCc1ccc(N2C(=O)C(=O)/C(=C(\O)c3ccc4c(c3)CCCO4)C2c2cccnc2)cc1. The Kier molecular flexibility index (Phi) is 5.42. The van der Waals surface area contributed by atoms with Crippen LogP contribution in [0.2, 0.25) is 0 Å². The molecule has 166 valence electrons. The van der Waals surface area contributed by atoms with Crippen LogP contribution in [0.15, 0.2) is 72.6 Å². The predicted molar refractivity (Wildman–Crippen MR) is 125 cm³/mol. The van der Waals surface area contributed by atoms with Crippen molar-refractivity contribution < 1.29 is 19.4 Å². The lowest BCUT2D eigenvalue weighted by atomic mass is 9.94. The standard InChI is InChI=1S/C27H24N2O4/c1-2-17-7-10-21(11-8-17)29-24(20-5-3-13-28-16-20)23(26(31)27(29)32)25(30)19-9-12-22-18(15-19)6-4-14-33-22/h3,5,7-13,15-16,24,30H,2,4,6,14H2,1H3/b25-23-. The largest absolute Gasteiger partial charge is 0.507 e. The van der Waals surface area contributed by atoms with Crippen LogP contribution in [-0.2, 0) is 22.4 Å². The maximum atomic E-state index is 13.2. The average Bonchev–Trinajstić information content (AvgIpc) is 3.14. The van der Waals surface area contributed by atoms with Crippen LogP contribution < -0.4 is 9.64 Å². The number of fused-ring (bicyclic) bond motifs is 1. The topological polar surface area (TPSA) is 79.7 Å². The molecular formula is C27H24N2O4. The quantitative estimate of drug-likeness (QED) is 0.365. The molecule has 2 aliphatic rings. The Morgan fingerprint density at radius 3 is 2.70 bits per heavy atom. The van der Waals surface area contributed by atoms with E-state index in [2.05, 4.69) is 11.9 Å². The normalized spacial score (nSPS) is 19.3. The number of aliphatic hydroxyl groups is 1. The van der Waals surface area contributed by atoms with E-state index < -0.39 is 17.7 Å². The molecule has 0 spiro atoms. The van der Waals surface area contributed by atoms with Crippen LogP contribution in [0, 0.1) is 0 Å². The number of amides is 1. The van der Waals surface area contributed by atoms with Gasteiger partial charge in [0.05, 0.1) is 18.2 Å². The van der Waals surface area contributed by atoms with Gasteiger partial charge >= 0.3 is 0 Å². The van der Waals surface area contributed by atoms with Gasteiger partial charge in [-0.15, -0.1) is 0 Å². The maximum Gasteiger partial charge on any atom is 0.300 e. The first kappa shape index (κ1) is 20.9. The van der Waals surface area contributed by atoms with E-state index in [1.54, 1.807) is 24.5 Å². The number of nitrogens with zero attached hydrogens (tertiary/aromatic N) is 2. The maximum absolute atomic E-state index is 13.2. The zero-order valence-electron chi connectivity index (χ0n) is 18.3. The van der Waals surface area contributed by atoms with Gasteiger partial charge in [0.1, 0.15) is 11.5 Å². The van der Waals surface area contributed by atoms with Gasteiger partial charge in [0.25, 0.3) is 11.7 Å². The minimum Gasteiger partial charge on any atom is -0.507 e. The molecule has 0 saturated carbocycles. The Bertz CT molecular complexity index is 1250. The summed E-state index contributed by atoms with van der Waals surface area (Å²) in [5.41, 5.74) is 3.91. The van der Waals surface area contributed by atoms with E-state index >= 15 is 0 Å². The van der Waals surface area contributed by atoms with Crippen molar-refractivity contribution in [2.24, 2.45) is 0 Å². The molecule has 1 unspecified atom stereocenters. The van der Waals surface area contributed by atoms with E-state index in [1.807, 2.05) is 42.5 Å². The zero-order valence-corrected chi connectivity index (χ0v) is 18.3. The van der Waals surface area contributed by atoms with Gasteiger partial charge in [0.15, 0.2) is 0 Å². The fraction of sp³-hybridized carbons (Fsp3) is 0.222. The van der Waals surface area contributed by atoms with Gasteiger partial charge in [-0.2, -0.15) is 0 Å². The Morgan fingerprint density at radius 1 is 1.15 bits per heavy atom. The lowest BCUT2D eigenvalue weighted by Gasteiger charge is -2.25. The summed E-state index contributed by atoms with van der Waals surface area (Å²) in [6.07, 6.45) is 5.85. The molecule has 1 N–H and O–H groups in total. The lowest BCUT2D eigenvalue weighted by Crippen LogP contribution is -2.29. The Morgan fingerprint density at radius 2 is 1.97 bits per heavy atom. The van der Waals surface area contributed by atoms with Crippen LogP contribution in [0.5, 0.6) is 5.75 Å². The molecule has 5 rings (SSSR count). The molecular weight excluding hydrogens is 416 g/mol. The van der Waals surface area contributed by atoms with Crippen molar-refractivity contribution in [1.82, 2.24) is 4.98 Å². The molecule has 6 heteroatoms. The second kappa shape index (κ2) is 8.54. The van der Waals surface area contributed by atoms with Crippen molar-refractivity contribution in [1.29, 1.82) is 0 Å². The molecule has 3 aromatic rings. The highest BCUT2D eigenvalue weighted by molar-refractivity contribution is 6.51. The third-order valence-electron chi connectivity index (χ3n) is 6.25. The minimum absolute atomic E-state index is 0.0595. The molecule has 2 aliphatic heterocycles. The highest BCUT2D eigenvalue weighted by atomic mass is 16.5. The number of aryl methyl sites for hydroxylation is 2. The van der Waals surface area contributed by atoms with Gasteiger partial charge < -0.3 is 9.84 Å². The number of carbonyl (C=O) groups is 2. The van der Waals surface area contributed by atoms with Crippen molar-refractivity contribution in [2.75, 3.05) is 11.5 Å². The number of rotatable bonds is 4. The molecule has 1 amide bonds. The Labute approximate surface area is 192 Å². The molecule has 33 heavy (non-hydrogen) atoms. The monoisotopic (exact) mass is 440 g/mol. The van der Waals surface area contributed by atoms with Crippen LogP contribution in [0.1, 0.15) is 41.6 Å². The number of benzene rings is 2. The van der Waals surface area contributed by atoms with Crippen LogP contribution >= 0.6 is 0 Å². The first-order chi connectivity index (χ1) is 16.1. The number of hydrogen-bond acceptors (Lipinski definition) is 5. The van der Waals surface area contributed by atoms with Gasteiger partial charge in [0.2, 0.25) is 0 Å². The first-order valence-electron chi connectivity index (χ1n) is 11.1. The Balaban J connectivity index is 1.66. The fourth-order valence-electron chi connectivity index (χ4n) is 4.51. The molecule has 3 heterocycles. The minimum atomic E-state index is -0.779. The van der Waals surface area contributed by atoms with E-state index in [9.17, 15) is 14.7 Å². The molecule has 2 aromatic carbocycles. The van der Waals surface area contributed by atoms with E-state index in [-0.39, 0.29) is 11.3 Å². The smallest absolute Gasteiger partial charge is 0.300 e. The van der Waals surface area contributed by atoms with Gasteiger partial charge in [-0.05, 0) is 72.4 Å². The number of Topliss-reactive ketones (excluding diaryl/α,β-unsaturated/α-hetero) is 1. The summed E-state index contributed by atoms with van der Waals surface area (Å²) in [6, 6.07) is 15.7. The number of carbonyl (C=O) groups excluding carboxylic acids is 2. The van der Waals surface area contributed by atoms with Gasteiger partial charge in [0, 0.05) is 23.6 Å². The summed E-state index contributed by atoms with van der Waals surface area (Å²) in [4.78, 5) is 32.1. The highest BCUT2D eigenvalue weighted by Crippen LogP contribution is 2.42. The molecule has 0 aliphatic carbocycles. The lowest BCUT2D eigenvalue weighted by molar-refractivity contribution is -0.132. The number of ether oxygens (including phenoxy) is 1. The molecule has 6 nitrogen and oxygen atoms in total.